The normalized spacial score (nSPS) is 11.6. The van der Waals surface area contributed by atoms with Gasteiger partial charge in [0.05, 0.1) is 23.0 Å². The number of hydrogen-bond acceptors (Lipinski definition) is 6. The zero-order valence-corrected chi connectivity index (χ0v) is 15.5. The van der Waals surface area contributed by atoms with Gasteiger partial charge >= 0.3 is 0 Å². The molecule has 0 saturated heterocycles. The number of likely N-dealkylation sites (N-methyl/N-ethyl adjacent to an activating group) is 1. The lowest BCUT2D eigenvalue weighted by Crippen LogP contribution is -2.27. The van der Waals surface area contributed by atoms with E-state index >= 15 is 0 Å². The number of sulfone groups is 1. The lowest BCUT2D eigenvalue weighted by molar-refractivity contribution is -0.129. The van der Waals surface area contributed by atoms with Gasteiger partial charge in [-0.05, 0) is 35.4 Å². The molecule has 0 saturated carbocycles. The lowest BCUT2D eigenvalue weighted by Gasteiger charge is -2.17. The van der Waals surface area contributed by atoms with E-state index < -0.39 is 9.84 Å². The Morgan fingerprint density at radius 3 is 2.36 bits per heavy atom. The van der Waals surface area contributed by atoms with Crippen LogP contribution >= 0.6 is 11.7 Å². The van der Waals surface area contributed by atoms with Crippen molar-refractivity contribution in [2.24, 2.45) is 0 Å². The molecule has 1 aromatic heterocycles. The van der Waals surface area contributed by atoms with Gasteiger partial charge in [0.1, 0.15) is 11.0 Å². The highest BCUT2D eigenvalue weighted by Gasteiger charge is 2.12. The molecule has 0 atom stereocenters. The molecule has 0 aliphatic rings. The van der Waals surface area contributed by atoms with Gasteiger partial charge in [0.15, 0.2) is 9.84 Å². The quantitative estimate of drug-likeness (QED) is 0.683. The van der Waals surface area contributed by atoms with Crippen LogP contribution in [0.1, 0.15) is 11.1 Å². The smallest absolute Gasteiger partial charge is 0.227 e. The first-order valence-electron chi connectivity index (χ1n) is 7.57. The minimum absolute atomic E-state index is 0.0383. The van der Waals surface area contributed by atoms with E-state index in [4.69, 9.17) is 0 Å². The number of rotatable bonds is 5. The van der Waals surface area contributed by atoms with Crippen molar-refractivity contribution in [3.8, 4) is 0 Å². The summed E-state index contributed by atoms with van der Waals surface area (Å²) in [6, 6.07) is 12.2. The fourth-order valence-electron chi connectivity index (χ4n) is 2.45. The van der Waals surface area contributed by atoms with Gasteiger partial charge in [-0.25, -0.2) is 8.42 Å². The molecule has 0 aliphatic heterocycles. The van der Waals surface area contributed by atoms with Crippen LogP contribution in [0, 0.1) is 0 Å². The monoisotopic (exact) mass is 375 g/mol. The van der Waals surface area contributed by atoms with Crippen molar-refractivity contribution >= 4 is 38.5 Å². The maximum atomic E-state index is 12.4. The lowest BCUT2D eigenvalue weighted by atomic mass is 10.1. The maximum absolute atomic E-state index is 12.4. The topological polar surface area (TPSA) is 80.2 Å². The van der Waals surface area contributed by atoms with Crippen LogP contribution in [0.5, 0.6) is 0 Å². The van der Waals surface area contributed by atoms with E-state index in [-0.39, 0.29) is 17.2 Å². The van der Waals surface area contributed by atoms with Crippen molar-refractivity contribution in [3.05, 3.63) is 53.6 Å². The molecule has 1 amide bonds. The molecule has 0 unspecified atom stereocenters. The SMILES string of the molecule is CN(Cc1ccc2nsnc2c1)C(=O)Cc1ccc(S(C)(=O)=O)cc1. The molecule has 130 valence electrons. The molecule has 0 N–H and O–H groups in total. The predicted octanol–water partition coefficient (Wildman–Crippen LogP) is 2.30. The second-order valence-electron chi connectivity index (χ2n) is 5.93. The number of carbonyl (C=O) groups excluding carboxylic acids is 1. The molecule has 1 heterocycles. The van der Waals surface area contributed by atoms with Crippen LogP contribution in [-0.4, -0.2) is 41.3 Å². The van der Waals surface area contributed by atoms with E-state index in [1.165, 1.54) is 23.9 Å². The van der Waals surface area contributed by atoms with Gasteiger partial charge in [-0.1, -0.05) is 18.2 Å². The predicted molar refractivity (Wildman–Crippen MR) is 97.1 cm³/mol. The van der Waals surface area contributed by atoms with E-state index in [1.54, 1.807) is 24.1 Å². The van der Waals surface area contributed by atoms with E-state index in [1.807, 2.05) is 18.2 Å². The number of amides is 1. The van der Waals surface area contributed by atoms with E-state index in [0.717, 1.165) is 28.4 Å². The highest BCUT2D eigenvalue weighted by molar-refractivity contribution is 7.90. The number of hydrogen-bond donors (Lipinski definition) is 0. The zero-order valence-electron chi connectivity index (χ0n) is 13.8. The Labute approximate surface area is 150 Å². The average molecular weight is 375 g/mol. The highest BCUT2D eigenvalue weighted by Crippen LogP contribution is 2.16. The van der Waals surface area contributed by atoms with E-state index in [9.17, 15) is 13.2 Å². The molecular weight excluding hydrogens is 358 g/mol. The Kier molecular flexibility index (Phi) is 4.82. The molecule has 8 heteroatoms. The molecule has 0 radical (unpaired) electrons. The van der Waals surface area contributed by atoms with E-state index in [0.29, 0.717) is 6.54 Å². The third-order valence-electron chi connectivity index (χ3n) is 3.87. The number of aromatic nitrogens is 2. The Bertz CT molecular complexity index is 1010. The van der Waals surface area contributed by atoms with Crippen LogP contribution in [0.3, 0.4) is 0 Å². The highest BCUT2D eigenvalue weighted by atomic mass is 32.2. The van der Waals surface area contributed by atoms with Gasteiger partial charge in [-0.3, -0.25) is 4.79 Å². The first kappa shape index (κ1) is 17.5. The summed E-state index contributed by atoms with van der Waals surface area (Å²) in [6.45, 7) is 0.480. The fourth-order valence-corrected chi connectivity index (χ4v) is 3.60. The molecule has 0 fully saturated rings. The second kappa shape index (κ2) is 6.89. The number of fused-ring (bicyclic) bond motifs is 1. The molecule has 25 heavy (non-hydrogen) atoms. The summed E-state index contributed by atoms with van der Waals surface area (Å²) in [5.41, 5.74) is 3.46. The molecular formula is C17H17N3O3S2. The summed E-state index contributed by atoms with van der Waals surface area (Å²) in [5.74, 6) is -0.0383. The Morgan fingerprint density at radius 1 is 1.04 bits per heavy atom. The third-order valence-corrected chi connectivity index (χ3v) is 5.56. The van der Waals surface area contributed by atoms with Gasteiger partial charge < -0.3 is 4.90 Å². The maximum Gasteiger partial charge on any atom is 0.227 e. The molecule has 0 aliphatic carbocycles. The molecule has 2 aromatic carbocycles. The van der Waals surface area contributed by atoms with E-state index in [2.05, 4.69) is 8.75 Å². The largest absolute Gasteiger partial charge is 0.341 e. The molecule has 3 aromatic rings. The standard InChI is InChI=1S/C17H17N3O3S2/c1-20(11-13-5-8-15-16(9-13)19-24-18-15)17(21)10-12-3-6-14(7-4-12)25(2,22)23/h3-9H,10-11H2,1-2H3. The zero-order chi connectivity index (χ0) is 18.0. The average Bonchev–Trinajstić information content (AvgIpc) is 3.02. The first-order chi connectivity index (χ1) is 11.8. The summed E-state index contributed by atoms with van der Waals surface area (Å²) in [4.78, 5) is 14.3. The third kappa shape index (κ3) is 4.21. The number of carbonyl (C=O) groups is 1. The van der Waals surface area contributed by atoms with Crippen LogP contribution < -0.4 is 0 Å². The second-order valence-corrected chi connectivity index (χ2v) is 8.47. The Morgan fingerprint density at radius 2 is 1.68 bits per heavy atom. The Hall–Kier alpha value is -2.32. The molecule has 3 rings (SSSR count). The summed E-state index contributed by atoms with van der Waals surface area (Å²) in [6.07, 6.45) is 1.39. The van der Waals surface area contributed by atoms with Gasteiger partial charge in [0.25, 0.3) is 0 Å². The van der Waals surface area contributed by atoms with Crippen molar-refractivity contribution < 1.29 is 13.2 Å². The van der Waals surface area contributed by atoms with Gasteiger partial charge in [-0.2, -0.15) is 8.75 Å². The van der Waals surface area contributed by atoms with Crippen LogP contribution in [0.2, 0.25) is 0 Å². The summed E-state index contributed by atoms with van der Waals surface area (Å²) in [7, 11) is -1.48. The van der Waals surface area contributed by atoms with Crippen LogP contribution in [0.25, 0.3) is 11.0 Å². The van der Waals surface area contributed by atoms with Crippen molar-refractivity contribution in [2.45, 2.75) is 17.9 Å². The van der Waals surface area contributed by atoms with Crippen molar-refractivity contribution in [3.63, 3.8) is 0 Å². The first-order valence-corrected chi connectivity index (χ1v) is 10.2. The molecule has 0 spiro atoms. The molecule has 0 bridgehead atoms. The van der Waals surface area contributed by atoms with Crippen molar-refractivity contribution in [2.75, 3.05) is 13.3 Å². The van der Waals surface area contributed by atoms with Gasteiger partial charge in [0.2, 0.25) is 5.91 Å². The summed E-state index contributed by atoms with van der Waals surface area (Å²) in [5, 5.41) is 0. The summed E-state index contributed by atoms with van der Waals surface area (Å²) < 4.78 is 31.3. The van der Waals surface area contributed by atoms with Gasteiger partial charge in [0, 0.05) is 19.8 Å². The minimum Gasteiger partial charge on any atom is -0.341 e. The minimum atomic E-state index is -3.22. The van der Waals surface area contributed by atoms with Crippen LogP contribution in [-0.2, 0) is 27.6 Å². The van der Waals surface area contributed by atoms with Crippen molar-refractivity contribution in [1.82, 2.24) is 13.6 Å². The van der Waals surface area contributed by atoms with Gasteiger partial charge in [-0.15, -0.1) is 0 Å². The van der Waals surface area contributed by atoms with Crippen LogP contribution in [0.15, 0.2) is 47.4 Å². The molecule has 6 nitrogen and oxygen atoms in total. The van der Waals surface area contributed by atoms with Crippen LogP contribution in [0.4, 0.5) is 0 Å². The number of nitrogens with zero attached hydrogens (tertiary/aromatic N) is 3. The summed E-state index contributed by atoms with van der Waals surface area (Å²) >= 11 is 1.17. The number of benzene rings is 2. The fraction of sp³-hybridized carbons (Fsp3) is 0.235. The Balaban J connectivity index is 1.65. The van der Waals surface area contributed by atoms with Crippen molar-refractivity contribution in [1.29, 1.82) is 0 Å².